The lowest BCUT2D eigenvalue weighted by Crippen LogP contribution is -2.52. The molecule has 0 radical (unpaired) electrons. The SMILES string of the molecule is CC(O)(C=O)C1(C#N)CC2CCC1O2. The largest absolute Gasteiger partial charge is 0.381 e. The number of ether oxygens (including phenoxy) is 1. The van der Waals surface area contributed by atoms with E-state index in [0.717, 1.165) is 12.8 Å². The standard InChI is InChI=1S/C10H13NO3/c1-9(13,6-12)10(5-11)4-7-2-3-8(10)14-7/h6-8,13H,2-4H2,1H3. The molecule has 0 aromatic heterocycles. The van der Waals surface area contributed by atoms with Gasteiger partial charge in [0.05, 0.1) is 18.3 Å². The third-order valence-corrected chi connectivity index (χ3v) is 3.54. The van der Waals surface area contributed by atoms with Gasteiger partial charge in [-0.3, -0.25) is 0 Å². The zero-order chi connectivity index (χ0) is 10.4. The van der Waals surface area contributed by atoms with E-state index in [0.29, 0.717) is 12.7 Å². The number of aliphatic hydroxyl groups is 1. The maximum atomic E-state index is 10.8. The molecular weight excluding hydrogens is 182 g/mol. The molecule has 1 N–H and O–H groups in total. The molecule has 0 aromatic carbocycles. The van der Waals surface area contributed by atoms with Crippen LogP contribution in [-0.2, 0) is 9.53 Å². The summed E-state index contributed by atoms with van der Waals surface area (Å²) in [5, 5.41) is 19.1. The number of nitriles is 1. The van der Waals surface area contributed by atoms with Crippen LogP contribution >= 0.6 is 0 Å². The molecule has 0 aromatic rings. The Morgan fingerprint density at radius 1 is 1.71 bits per heavy atom. The molecule has 0 amide bonds. The van der Waals surface area contributed by atoms with E-state index < -0.39 is 11.0 Å². The van der Waals surface area contributed by atoms with E-state index >= 15 is 0 Å². The highest BCUT2D eigenvalue weighted by Crippen LogP contribution is 2.52. The Balaban J connectivity index is 2.38. The zero-order valence-corrected chi connectivity index (χ0v) is 8.06. The first-order valence-corrected chi connectivity index (χ1v) is 4.81. The molecule has 2 rings (SSSR count). The van der Waals surface area contributed by atoms with Crippen LogP contribution in [0.1, 0.15) is 26.2 Å². The number of carbonyl (C=O) groups excluding carboxylic acids is 1. The average Bonchev–Trinajstić information content (AvgIpc) is 2.77. The van der Waals surface area contributed by atoms with Gasteiger partial charge in [-0.1, -0.05) is 0 Å². The van der Waals surface area contributed by atoms with Crippen LogP contribution in [0.15, 0.2) is 0 Å². The predicted octanol–water partition coefficient (Wildman–Crippen LogP) is 0.398. The summed E-state index contributed by atoms with van der Waals surface area (Å²) in [5.74, 6) is 0. The highest BCUT2D eigenvalue weighted by atomic mass is 16.5. The maximum absolute atomic E-state index is 10.8. The molecule has 2 aliphatic heterocycles. The Kier molecular flexibility index (Phi) is 1.91. The zero-order valence-electron chi connectivity index (χ0n) is 8.06. The van der Waals surface area contributed by atoms with E-state index in [9.17, 15) is 9.90 Å². The fourth-order valence-corrected chi connectivity index (χ4v) is 2.58. The summed E-state index contributed by atoms with van der Waals surface area (Å²) in [4.78, 5) is 10.8. The van der Waals surface area contributed by atoms with Crippen molar-refractivity contribution in [3.8, 4) is 6.07 Å². The van der Waals surface area contributed by atoms with Crippen LogP contribution < -0.4 is 0 Å². The third kappa shape index (κ3) is 0.969. The summed E-state index contributed by atoms with van der Waals surface area (Å²) >= 11 is 0. The molecule has 76 valence electrons. The minimum absolute atomic E-state index is 0.0473. The molecule has 2 aliphatic rings. The van der Waals surface area contributed by atoms with Crippen molar-refractivity contribution in [2.75, 3.05) is 0 Å². The summed E-state index contributed by atoms with van der Waals surface area (Å²) in [6, 6.07) is 2.09. The number of hydrogen-bond donors (Lipinski definition) is 1. The lowest BCUT2D eigenvalue weighted by molar-refractivity contribution is -0.136. The minimum atomic E-state index is -1.60. The Morgan fingerprint density at radius 2 is 2.43 bits per heavy atom. The second-order valence-corrected chi connectivity index (χ2v) is 4.38. The Morgan fingerprint density at radius 3 is 2.79 bits per heavy atom. The Bertz CT molecular complexity index is 307. The van der Waals surface area contributed by atoms with Crippen LogP contribution in [0.25, 0.3) is 0 Å². The summed E-state index contributed by atoms with van der Waals surface area (Å²) in [6.07, 6.45) is 2.40. The van der Waals surface area contributed by atoms with Crippen LogP contribution in [-0.4, -0.2) is 29.2 Å². The number of rotatable bonds is 2. The van der Waals surface area contributed by atoms with Crippen molar-refractivity contribution in [2.24, 2.45) is 5.41 Å². The molecule has 2 bridgehead atoms. The maximum Gasteiger partial charge on any atom is 0.153 e. The molecule has 2 fully saturated rings. The monoisotopic (exact) mass is 195 g/mol. The average molecular weight is 195 g/mol. The van der Waals surface area contributed by atoms with E-state index in [2.05, 4.69) is 6.07 Å². The lowest BCUT2D eigenvalue weighted by Gasteiger charge is -2.37. The molecule has 4 unspecified atom stereocenters. The van der Waals surface area contributed by atoms with Crippen molar-refractivity contribution in [1.29, 1.82) is 5.26 Å². The summed E-state index contributed by atoms with van der Waals surface area (Å²) in [6.45, 7) is 1.40. The number of nitrogens with zero attached hydrogens (tertiary/aromatic N) is 1. The molecule has 2 heterocycles. The van der Waals surface area contributed by atoms with Crippen LogP contribution in [0.3, 0.4) is 0 Å². The van der Waals surface area contributed by atoms with E-state index in [1.165, 1.54) is 6.92 Å². The first kappa shape index (κ1) is 9.63. The highest BCUT2D eigenvalue weighted by molar-refractivity contribution is 5.65. The predicted molar refractivity (Wildman–Crippen MR) is 47.2 cm³/mol. The van der Waals surface area contributed by atoms with E-state index in [1.807, 2.05) is 0 Å². The number of fused-ring (bicyclic) bond motifs is 2. The number of carbonyl (C=O) groups is 1. The second-order valence-electron chi connectivity index (χ2n) is 4.38. The minimum Gasteiger partial charge on any atom is -0.381 e. The first-order valence-electron chi connectivity index (χ1n) is 4.81. The van der Waals surface area contributed by atoms with Gasteiger partial charge in [-0.15, -0.1) is 0 Å². The van der Waals surface area contributed by atoms with Gasteiger partial charge in [0, 0.05) is 0 Å². The molecule has 4 nitrogen and oxygen atoms in total. The van der Waals surface area contributed by atoms with Crippen molar-refractivity contribution in [1.82, 2.24) is 0 Å². The third-order valence-electron chi connectivity index (χ3n) is 3.54. The van der Waals surface area contributed by atoms with Gasteiger partial charge in [0.25, 0.3) is 0 Å². The molecule has 2 saturated heterocycles. The molecule has 14 heavy (non-hydrogen) atoms. The fourth-order valence-electron chi connectivity index (χ4n) is 2.58. The summed E-state index contributed by atoms with van der Waals surface area (Å²) in [5.41, 5.74) is -2.63. The summed E-state index contributed by atoms with van der Waals surface area (Å²) in [7, 11) is 0. The van der Waals surface area contributed by atoms with Gasteiger partial charge in [-0.25, -0.2) is 0 Å². The second kappa shape index (κ2) is 2.78. The van der Waals surface area contributed by atoms with Gasteiger partial charge >= 0.3 is 0 Å². The number of hydrogen-bond acceptors (Lipinski definition) is 4. The van der Waals surface area contributed by atoms with Gasteiger partial charge in [0.2, 0.25) is 0 Å². The Hall–Kier alpha value is -0.920. The molecular formula is C10H13NO3. The van der Waals surface area contributed by atoms with Gasteiger partial charge in [-0.2, -0.15) is 5.26 Å². The van der Waals surface area contributed by atoms with E-state index in [-0.39, 0.29) is 12.2 Å². The van der Waals surface area contributed by atoms with Crippen molar-refractivity contribution in [3.63, 3.8) is 0 Å². The van der Waals surface area contributed by atoms with Crippen LogP contribution in [0, 0.1) is 16.7 Å². The fraction of sp³-hybridized carbons (Fsp3) is 0.800. The van der Waals surface area contributed by atoms with Gasteiger partial charge < -0.3 is 14.6 Å². The van der Waals surface area contributed by atoms with Crippen LogP contribution in [0.2, 0.25) is 0 Å². The van der Waals surface area contributed by atoms with Crippen molar-refractivity contribution in [2.45, 2.75) is 44.0 Å². The van der Waals surface area contributed by atoms with Gasteiger partial charge in [0.15, 0.2) is 6.29 Å². The topological polar surface area (TPSA) is 70.3 Å². The lowest BCUT2D eigenvalue weighted by atomic mass is 9.65. The van der Waals surface area contributed by atoms with Crippen LogP contribution in [0.4, 0.5) is 0 Å². The molecule has 0 aliphatic carbocycles. The summed E-state index contributed by atoms with van der Waals surface area (Å²) < 4.78 is 5.53. The molecule has 4 atom stereocenters. The van der Waals surface area contributed by atoms with Gasteiger partial charge in [0.1, 0.15) is 11.0 Å². The van der Waals surface area contributed by atoms with E-state index in [4.69, 9.17) is 10.00 Å². The molecule has 0 spiro atoms. The van der Waals surface area contributed by atoms with Crippen molar-refractivity contribution < 1.29 is 14.6 Å². The quantitative estimate of drug-likeness (QED) is 0.647. The highest BCUT2D eigenvalue weighted by Gasteiger charge is 2.62. The molecule has 4 heteroatoms. The van der Waals surface area contributed by atoms with E-state index in [1.54, 1.807) is 0 Å². The van der Waals surface area contributed by atoms with Gasteiger partial charge in [-0.05, 0) is 26.2 Å². The Labute approximate surface area is 82.5 Å². The first-order chi connectivity index (χ1) is 6.55. The van der Waals surface area contributed by atoms with Crippen molar-refractivity contribution >= 4 is 6.29 Å². The van der Waals surface area contributed by atoms with Crippen LogP contribution in [0.5, 0.6) is 0 Å². The normalized spacial score (nSPS) is 44.4. The number of aldehydes is 1. The molecule has 0 saturated carbocycles. The smallest absolute Gasteiger partial charge is 0.153 e. The van der Waals surface area contributed by atoms with Crippen molar-refractivity contribution in [3.05, 3.63) is 0 Å².